The van der Waals surface area contributed by atoms with Gasteiger partial charge in [-0.25, -0.2) is 5.10 Å². The van der Waals surface area contributed by atoms with Crippen LogP contribution >= 0.6 is 12.2 Å². The molecule has 3 rings (SSSR count). The van der Waals surface area contributed by atoms with Crippen LogP contribution in [0.3, 0.4) is 0 Å². The molecular formula is C15H26N4S. The van der Waals surface area contributed by atoms with Gasteiger partial charge in [0.15, 0.2) is 4.77 Å². The number of rotatable bonds is 3. The highest BCUT2D eigenvalue weighted by atomic mass is 32.1. The van der Waals surface area contributed by atoms with E-state index in [1.54, 1.807) is 0 Å². The second-order valence-corrected chi connectivity index (χ2v) is 6.72. The molecule has 0 amide bonds. The van der Waals surface area contributed by atoms with Crippen molar-refractivity contribution in [3.05, 3.63) is 4.77 Å². The molecule has 0 spiro atoms. The number of nitrogens with zero attached hydrogens (tertiary/aromatic N) is 3. The summed E-state index contributed by atoms with van der Waals surface area (Å²) in [6, 6.07) is 0.571. The monoisotopic (exact) mass is 294 g/mol. The van der Waals surface area contributed by atoms with E-state index in [1.807, 2.05) is 0 Å². The highest BCUT2D eigenvalue weighted by Crippen LogP contribution is 2.33. The molecule has 1 aromatic rings. The molecule has 1 saturated heterocycles. The van der Waals surface area contributed by atoms with E-state index in [1.165, 1.54) is 51.4 Å². The molecule has 1 N–H and O–H groups in total. The molecule has 5 heteroatoms. The average Bonchev–Trinajstić information content (AvgIpc) is 3.03. The lowest BCUT2D eigenvalue weighted by Crippen LogP contribution is -2.28. The third-order valence-electron chi connectivity index (χ3n) is 5.08. The van der Waals surface area contributed by atoms with Crippen molar-refractivity contribution in [3.63, 3.8) is 0 Å². The van der Waals surface area contributed by atoms with Crippen LogP contribution in [0, 0.1) is 10.7 Å². The Morgan fingerprint density at radius 1 is 1.15 bits per heavy atom. The van der Waals surface area contributed by atoms with Gasteiger partial charge in [0.05, 0.1) is 0 Å². The van der Waals surface area contributed by atoms with Gasteiger partial charge in [-0.2, -0.15) is 0 Å². The Kier molecular flexibility index (Phi) is 4.44. The van der Waals surface area contributed by atoms with Crippen molar-refractivity contribution in [1.82, 2.24) is 14.8 Å². The average molecular weight is 294 g/mol. The second-order valence-electron chi connectivity index (χ2n) is 6.33. The molecule has 1 aliphatic heterocycles. The first kappa shape index (κ1) is 14.1. The van der Waals surface area contributed by atoms with Gasteiger partial charge in [0.2, 0.25) is 5.95 Å². The molecule has 1 saturated carbocycles. The van der Waals surface area contributed by atoms with Gasteiger partial charge >= 0.3 is 0 Å². The minimum absolute atomic E-state index is 0.571. The fourth-order valence-corrected chi connectivity index (χ4v) is 4.06. The third-order valence-corrected chi connectivity index (χ3v) is 5.37. The Hall–Kier alpha value is -0.840. The van der Waals surface area contributed by atoms with Crippen LogP contribution in [0.4, 0.5) is 5.95 Å². The number of anilines is 1. The van der Waals surface area contributed by atoms with Gasteiger partial charge < -0.3 is 4.90 Å². The zero-order valence-corrected chi connectivity index (χ0v) is 13.3. The van der Waals surface area contributed by atoms with Crippen LogP contribution in [-0.4, -0.2) is 27.9 Å². The molecule has 20 heavy (non-hydrogen) atoms. The number of hydrogen-bond acceptors (Lipinski definition) is 3. The van der Waals surface area contributed by atoms with Gasteiger partial charge in [0, 0.05) is 19.1 Å². The Morgan fingerprint density at radius 3 is 2.70 bits per heavy atom. The topological polar surface area (TPSA) is 36.9 Å². The maximum Gasteiger partial charge on any atom is 0.225 e. The number of nitrogens with one attached hydrogen (secondary N) is 1. The van der Waals surface area contributed by atoms with Gasteiger partial charge in [-0.15, -0.1) is 5.10 Å². The van der Waals surface area contributed by atoms with Crippen molar-refractivity contribution in [2.75, 3.05) is 18.0 Å². The molecular weight excluding hydrogens is 268 g/mol. The summed E-state index contributed by atoms with van der Waals surface area (Å²) in [5.74, 6) is 1.99. The van der Waals surface area contributed by atoms with Gasteiger partial charge in [0.25, 0.3) is 0 Å². The molecule has 0 aromatic carbocycles. The fourth-order valence-electron chi connectivity index (χ4n) is 3.78. The van der Waals surface area contributed by atoms with Crippen molar-refractivity contribution in [3.8, 4) is 0 Å². The summed E-state index contributed by atoms with van der Waals surface area (Å²) >= 11 is 5.48. The van der Waals surface area contributed by atoms with Crippen molar-refractivity contribution in [2.24, 2.45) is 5.92 Å². The third kappa shape index (κ3) is 2.78. The molecule has 2 fully saturated rings. The minimum atomic E-state index is 0.571. The van der Waals surface area contributed by atoms with E-state index in [0.717, 1.165) is 29.7 Å². The zero-order chi connectivity index (χ0) is 13.9. The molecule has 1 aliphatic carbocycles. The summed E-state index contributed by atoms with van der Waals surface area (Å²) in [6.07, 6.45) is 10.4. The number of H-pyrrole nitrogens is 1. The van der Waals surface area contributed by atoms with Crippen LogP contribution < -0.4 is 4.90 Å². The van der Waals surface area contributed by atoms with Crippen LogP contribution in [0.2, 0.25) is 0 Å². The summed E-state index contributed by atoms with van der Waals surface area (Å²) in [4.78, 5) is 2.46. The fraction of sp³-hybridized carbons (Fsp3) is 0.867. The van der Waals surface area contributed by atoms with Crippen LogP contribution in [0.25, 0.3) is 0 Å². The molecule has 1 aromatic heterocycles. The van der Waals surface area contributed by atoms with Gasteiger partial charge in [-0.3, -0.25) is 4.57 Å². The maximum absolute atomic E-state index is 5.48. The van der Waals surface area contributed by atoms with Crippen LogP contribution in [-0.2, 0) is 0 Å². The molecule has 4 nitrogen and oxygen atoms in total. The highest BCUT2D eigenvalue weighted by molar-refractivity contribution is 7.71. The van der Waals surface area contributed by atoms with Gasteiger partial charge in [-0.1, -0.05) is 26.2 Å². The lowest BCUT2D eigenvalue weighted by Gasteiger charge is -2.24. The molecule has 1 unspecified atom stereocenters. The Labute approximate surface area is 126 Å². The molecule has 2 aliphatic rings. The van der Waals surface area contributed by atoms with E-state index in [-0.39, 0.29) is 0 Å². The molecule has 2 heterocycles. The lowest BCUT2D eigenvalue weighted by molar-refractivity contribution is 0.458. The maximum atomic E-state index is 5.48. The van der Waals surface area contributed by atoms with Gasteiger partial charge in [0.1, 0.15) is 0 Å². The van der Waals surface area contributed by atoms with Gasteiger partial charge in [-0.05, 0) is 50.2 Å². The first-order valence-electron chi connectivity index (χ1n) is 8.21. The summed E-state index contributed by atoms with van der Waals surface area (Å²) < 4.78 is 3.11. The quantitative estimate of drug-likeness (QED) is 0.854. The highest BCUT2D eigenvalue weighted by Gasteiger charge is 2.25. The van der Waals surface area contributed by atoms with E-state index in [0.29, 0.717) is 6.04 Å². The van der Waals surface area contributed by atoms with E-state index in [4.69, 9.17) is 12.2 Å². The largest absolute Gasteiger partial charge is 0.341 e. The number of aromatic nitrogens is 3. The van der Waals surface area contributed by atoms with Crippen molar-refractivity contribution in [2.45, 2.75) is 64.3 Å². The summed E-state index contributed by atoms with van der Waals surface area (Å²) in [5, 5.41) is 7.58. The Balaban J connectivity index is 1.81. The van der Waals surface area contributed by atoms with Crippen molar-refractivity contribution in [1.29, 1.82) is 0 Å². The number of aromatic amines is 1. The van der Waals surface area contributed by atoms with E-state index >= 15 is 0 Å². The summed E-state index contributed by atoms with van der Waals surface area (Å²) in [5.41, 5.74) is 0. The first-order chi connectivity index (χ1) is 9.79. The smallest absolute Gasteiger partial charge is 0.225 e. The Morgan fingerprint density at radius 2 is 1.95 bits per heavy atom. The minimum Gasteiger partial charge on any atom is -0.341 e. The predicted molar refractivity (Wildman–Crippen MR) is 84.8 cm³/mol. The number of hydrogen-bond donors (Lipinski definition) is 1. The van der Waals surface area contributed by atoms with E-state index in [2.05, 4.69) is 26.6 Å². The summed E-state index contributed by atoms with van der Waals surface area (Å²) in [7, 11) is 0. The molecule has 0 bridgehead atoms. The summed E-state index contributed by atoms with van der Waals surface area (Å²) in [6.45, 7) is 4.57. The van der Waals surface area contributed by atoms with Crippen LogP contribution in [0.15, 0.2) is 0 Å². The normalized spacial score (nSPS) is 25.1. The standard InChI is InChI=1S/C15H26N4S/c1-2-12-6-5-10-18(11-9-12)14-16-17-15(20)19(14)13-7-3-4-8-13/h12-13H,2-11H2,1H3,(H,17,20). The van der Waals surface area contributed by atoms with E-state index in [9.17, 15) is 0 Å². The first-order valence-corrected chi connectivity index (χ1v) is 8.62. The predicted octanol–water partition coefficient (Wildman–Crippen LogP) is 4.07. The molecule has 112 valence electrons. The SMILES string of the molecule is CCC1CCCN(c2n[nH]c(=S)n2C2CCCC2)CC1. The zero-order valence-electron chi connectivity index (χ0n) is 12.5. The van der Waals surface area contributed by atoms with Crippen molar-refractivity contribution >= 4 is 18.2 Å². The van der Waals surface area contributed by atoms with E-state index < -0.39 is 0 Å². The van der Waals surface area contributed by atoms with Crippen LogP contribution in [0.1, 0.15) is 64.3 Å². The second kappa shape index (κ2) is 6.29. The lowest BCUT2D eigenvalue weighted by atomic mass is 9.98. The van der Waals surface area contributed by atoms with Crippen LogP contribution in [0.5, 0.6) is 0 Å². The Bertz CT molecular complexity index is 486. The molecule has 0 radical (unpaired) electrons. The molecule has 1 atom stereocenters. The van der Waals surface area contributed by atoms with Crippen molar-refractivity contribution < 1.29 is 0 Å².